The lowest BCUT2D eigenvalue weighted by molar-refractivity contribution is 0.195. The minimum Gasteiger partial charge on any atom is -0.378 e. The van der Waals surface area contributed by atoms with Gasteiger partial charge in [-0.05, 0) is 46.7 Å². The van der Waals surface area contributed by atoms with Gasteiger partial charge in [0, 0.05) is 31.7 Å². The van der Waals surface area contributed by atoms with Gasteiger partial charge in [-0.3, -0.25) is 4.90 Å². The molecule has 0 saturated carbocycles. The van der Waals surface area contributed by atoms with Gasteiger partial charge in [0.2, 0.25) is 0 Å². The third-order valence-electron chi connectivity index (χ3n) is 3.10. The molecule has 0 aromatic rings. The van der Waals surface area contributed by atoms with Crippen LogP contribution in [0.1, 0.15) is 40.5 Å². The normalized spacial score (nSPS) is 17.9. The summed E-state index contributed by atoms with van der Waals surface area (Å²) >= 11 is 0. The van der Waals surface area contributed by atoms with Gasteiger partial charge < -0.3 is 4.90 Å². The van der Waals surface area contributed by atoms with E-state index in [-0.39, 0.29) is 0 Å². The van der Waals surface area contributed by atoms with Crippen LogP contribution in [-0.4, -0.2) is 41.5 Å². The molecule has 0 aromatic heterocycles. The molecule has 0 aromatic carbocycles. The fourth-order valence-corrected chi connectivity index (χ4v) is 2.23. The van der Waals surface area contributed by atoms with Gasteiger partial charge in [-0.15, -0.1) is 0 Å². The average molecular weight is 210 g/mol. The van der Waals surface area contributed by atoms with Crippen molar-refractivity contribution in [1.29, 1.82) is 0 Å². The van der Waals surface area contributed by atoms with E-state index in [0.717, 1.165) is 6.54 Å². The molecule has 0 unspecified atom stereocenters. The topological polar surface area (TPSA) is 6.48 Å². The fraction of sp³-hybridized carbons (Fsp3) is 0.846. The quantitative estimate of drug-likeness (QED) is 0.688. The molecular weight excluding hydrogens is 184 g/mol. The maximum absolute atomic E-state index is 2.51. The third-order valence-corrected chi connectivity index (χ3v) is 3.10. The van der Waals surface area contributed by atoms with E-state index in [1.54, 1.807) is 0 Å². The first-order chi connectivity index (χ1) is 7.11. The van der Waals surface area contributed by atoms with Gasteiger partial charge in [0.15, 0.2) is 0 Å². The Morgan fingerprint density at radius 2 is 1.60 bits per heavy atom. The van der Waals surface area contributed by atoms with Crippen LogP contribution in [0, 0.1) is 0 Å². The molecular formula is C13H26N2. The molecule has 15 heavy (non-hydrogen) atoms. The zero-order chi connectivity index (χ0) is 11.3. The van der Waals surface area contributed by atoms with Crippen LogP contribution in [0.2, 0.25) is 0 Å². The highest BCUT2D eigenvalue weighted by atomic mass is 15.2. The fourth-order valence-electron chi connectivity index (χ4n) is 2.23. The molecule has 0 N–H and O–H groups in total. The van der Waals surface area contributed by atoms with Crippen molar-refractivity contribution < 1.29 is 0 Å². The highest BCUT2D eigenvalue weighted by molar-refractivity contribution is 4.88. The summed E-state index contributed by atoms with van der Waals surface area (Å²) in [6.45, 7) is 12.6. The second-order valence-corrected chi connectivity index (χ2v) is 5.01. The Labute approximate surface area is 94.9 Å². The van der Waals surface area contributed by atoms with Gasteiger partial charge in [0.25, 0.3) is 0 Å². The van der Waals surface area contributed by atoms with Gasteiger partial charge >= 0.3 is 0 Å². The van der Waals surface area contributed by atoms with E-state index >= 15 is 0 Å². The third kappa shape index (κ3) is 4.25. The highest BCUT2D eigenvalue weighted by Crippen LogP contribution is 2.08. The van der Waals surface area contributed by atoms with Crippen molar-refractivity contribution in [3.63, 3.8) is 0 Å². The second kappa shape index (κ2) is 6.16. The summed E-state index contributed by atoms with van der Waals surface area (Å²) in [6.07, 6.45) is 7.32. The number of nitrogens with zero attached hydrogens (tertiary/aromatic N) is 2. The van der Waals surface area contributed by atoms with Crippen molar-refractivity contribution in [3.05, 3.63) is 12.3 Å². The first-order valence-electron chi connectivity index (χ1n) is 6.27. The van der Waals surface area contributed by atoms with Crippen molar-refractivity contribution in [1.82, 2.24) is 9.80 Å². The maximum atomic E-state index is 2.51. The standard InChI is InChI=1S/C13H26N2/c1-12(2)15(13(3)4)11-7-10-14-8-5-6-9-14/h7,10,12-13H,5-6,8-9,11H2,1-4H3/b10-7+. The monoisotopic (exact) mass is 210 g/mol. The van der Waals surface area contributed by atoms with Crippen molar-refractivity contribution in [2.45, 2.75) is 52.6 Å². The van der Waals surface area contributed by atoms with Crippen LogP contribution >= 0.6 is 0 Å². The molecule has 1 heterocycles. The molecule has 1 rings (SSSR count). The Hall–Kier alpha value is -0.500. The Morgan fingerprint density at radius 3 is 2.07 bits per heavy atom. The Bertz CT molecular complexity index is 183. The largest absolute Gasteiger partial charge is 0.378 e. The predicted octanol–water partition coefficient (Wildman–Crippen LogP) is 2.71. The summed E-state index contributed by atoms with van der Waals surface area (Å²) in [4.78, 5) is 4.94. The molecule has 0 spiro atoms. The van der Waals surface area contributed by atoms with Gasteiger partial charge in [0.05, 0.1) is 0 Å². The summed E-state index contributed by atoms with van der Waals surface area (Å²) in [5.41, 5.74) is 0. The van der Waals surface area contributed by atoms with Crippen LogP contribution in [0.4, 0.5) is 0 Å². The van der Waals surface area contributed by atoms with E-state index in [1.807, 2.05) is 0 Å². The van der Waals surface area contributed by atoms with Gasteiger partial charge in [-0.25, -0.2) is 0 Å². The SMILES string of the molecule is CC(C)N(C/C=C/N1CCCC1)C(C)C. The summed E-state index contributed by atoms with van der Waals surface area (Å²) in [6, 6.07) is 1.27. The number of rotatable bonds is 5. The van der Waals surface area contributed by atoms with Crippen molar-refractivity contribution in [2.24, 2.45) is 0 Å². The van der Waals surface area contributed by atoms with E-state index in [9.17, 15) is 0 Å². The van der Waals surface area contributed by atoms with Gasteiger partial charge in [-0.2, -0.15) is 0 Å². The lowest BCUT2D eigenvalue weighted by atomic mass is 10.2. The lowest BCUT2D eigenvalue weighted by Gasteiger charge is -2.29. The number of likely N-dealkylation sites (tertiary alicyclic amines) is 1. The zero-order valence-corrected chi connectivity index (χ0v) is 10.7. The molecule has 2 nitrogen and oxygen atoms in total. The summed E-state index contributed by atoms with van der Waals surface area (Å²) in [7, 11) is 0. The molecule has 1 aliphatic rings. The molecule has 0 aliphatic carbocycles. The molecule has 1 saturated heterocycles. The molecule has 0 atom stereocenters. The van der Waals surface area contributed by atoms with Crippen LogP contribution in [0.5, 0.6) is 0 Å². The molecule has 0 amide bonds. The lowest BCUT2D eigenvalue weighted by Crippen LogP contribution is -2.37. The number of hydrogen-bond donors (Lipinski definition) is 0. The van der Waals surface area contributed by atoms with Crippen LogP contribution in [0.3, 0.4) is 0 Å². The molecule has 0 radical (unpaired) electrons. The van der Waals surface area contributed by atoms with Crippen molar-refractivity contribution in [3.8, 4) is 0 Å². The average Bonchev–Trinajstić information content (AvgIpc) is 2.63. The minimum absolute atomic E-state index is 0.633. The summed E-state index contributed by atoms with van der Waals surface area (Å²) < 4.78 is 0. The van der Waals surface area contributed by atoms with Crippen LogP contribution < -0.4 is 0 Å². The number of hydrogen-bond acceptors (Lipinski definition) is 2. The summed E-state index contributed by atoms with van der Waals surface area (Å²) in [5.74, 6) is 0. The predicted molar refractivity (Wildman–Crippen MR) is 66.9 cm³/mol. The van der Waals surface area contributed by atoms with E-state index in [0.29, 0.717) is 12.1 Å². The second-order valence-electron chi connectivity index (χ2n) is 5.01. The first kappa shape index (κ1) is 12.6. The first-order valence-corrected chi connectivity index (χ1v) is 6.27. The van der Waals surface area contributed by atoms with Gasteiger partial charge in [-0.1, -0.05) is 6.08 Å². The zero-order valence-electron chi connectivity index (χ0n) is 10.7. The van der Waals surface area contributed by atoms with Gasteiger partial charge in [0.1, 0.15) is 0 Å². The van der Waals surface area contributed by atoms with E-state index in [2.05, 4.69) is 49.8 Å². The molecule has 2 heteroatoms. The highest BCUT2D eigenvalue weighted by Gasteiger charge is 2.11. The minimum atomic E-state index is 0.633. The Balaban J connectivity index is 2.32. The van der Waals surface area contributed by atoms with Crippen LogP contribution in [0.15, 0.2) is 12.3 Å². The molecule has 1 aliphatic heterocycles. The summed E-state index contributed by atoms with van der Waals surface area (Å²) in [5, 5.41) is 0. The van der Waals surface area contributed by atoms with Crippen LogP contribution in [-0.2, 0) is 0 Å². The van der Waals surface area contributed by atoms with Crippen LogP contribution in [0.25, 0.3) is 0 Å². The smallest absolute Gasteiger partial charge is 0.0185 e. The molecule has 88 valence electrons. The van der Waals surface area contributed by atoms with Crippen molar-refractivity contribution >= 4 is 0 Å². The molecule has 0 bridgehead atoms. The molecule has 1 fully saturated rings. The van der Waals surface area contributed by atoms with E-state index in [1.165, 1.54) is 25.9 Å². The Morgan fingerprint density at radius 1 is 1.07 bits per heavy atom. The Kier molecular flexibility index (Phi) is 5.16. The maximum Gasteiger partial charge on any atom is 0.0185 e. The van der Waals surface area contributed by atoms with E-state index in [4.69, 9.17) is 0 Å². The van der Waals surface area contributed by atoms with Crippen molar-refractivity contribution in [2.75, 3.05) is 19.6 Å². The van der Waals surface area contributed by atoms with E-state index < -0.39 is 0 Å².